The van der Waals surface area contributed by atoms with Crippen LogP contribution in [0.15, 0.2) is 46.9 Å². The highest BCUT2D eigenvalue weighted by Crippen LogP contribution is 2.29. The molecule has 0 aliphatic heterocycles. The first-order valence-electron chi connectivity index (χ1n) is 7.30. The van der Waals surface area contributed by atoms with Gasteiger partial charge in [-0.15, -0.1) is 0 Å². The summed E-state index contributed by atoms with van der Waals surface area (Å²) in [6.45, 7) is 1.95. The number of carbonyl (C=O) groups is 2. The van der Waals surface area contributed by atoms with E-state index in [1.807, 2.05) is 6.07 Å². The number of carbonyl (C=O) groups excluding carboxylic acids is 2. The van der Waals surface area contributed by atoms with Crippen LogP contribution in [0, 0.1) is 0 Å². The van der Waals surface area contributed by atoms with Gasteiger partial charge in [0.1, 0.15) is 5.69 Å². The van der Waals surface area contributed by atoms with E-state index in [2.05, 4.69) is 20.9 Å². The van der Waals surface area contributed by atoms with Gasteiger partial charge in [-0.2, -0.15) is 0 Å². The Hall–Kier alpha value is -2.11. The van der Waals surface area contributed by atoms with Crippen molar-refractivity contribution in [2.24, 2.45) is 0 Å². The molecule has 4 nitrogen and oxygen atoms in total. The Morgan fingerprint density at radius 1 is 1.17 bits per heavy atom. The van der Waals surface area contributed by atoms with Crippen LogP contribution in [0.25, 0.3) is 10.9 Å². The van der Waals surface area contributed by atoms with E-state index in [-0.39, 0.29) is 18.1 Å². The first-order chi connectivity index (χ1) is 11.5. The number of halogens is 2. The van der Waals surface area contributed by atoms with Gasteiger partial charge in [0, 0.05) is 26.0 Å². The van der Waals surface area contributed by atoms with Crippen molar-refractivity contribution in [1.29, 1.82) is 0 Å². The van der Waals surface area contributed by atoms with Gasteiger partial charge in [-0.25, -0.2) is 4.79 Å². The average molecular weight is 407 g/mol. The third-order valence-corrected chi connectivity index (χ3v) is 4.32. The summed E-state index contributed by atoms with van der Waals surface area (Å²) in [6.07, 6.45) is 0. The Morgan fingerprint density at radius 2 is 1.88 bits per heavy atom. The van der Waals surface area contributed by atoms with Crippen molar-refractivity contribution in [3.05, 3.63) is 68.8 Å². The van der Waals surface area contributed by atoms with Crippen LogP contribution >= 0.6 is 27.5 Å². The summed E-state index contributed by atoms with van der Waals surface area (Å²) in [7, 11) is 0. The molecule has 1 aromatic heterocycles. The van der Waals surface area contributed by atoms with Crippen molar-refractivity contribution < 1.29 is 14.3 Å². The van der Waals surface area contributed by atoms with Crippen LogP contribution in [0.4, 0.5) is 0 Å². The fourth-order valence-corrected chi connectivity index (χ4v) is 2.99. The minimum absolute atomic E-state index is 0.157. The van der Waals surface area contributed by atoms with Gasteiger partial charge in [-0.3, -0.25) is 4.79 Å². The second kappa shape index (κ2) is 6.79. The predicted molar refractivity (Wildman–Crippen MR) is 96.8 cm³/mol. The largest absolute Gasteiger partial charge is 0.461 e. The summed E-state index contributed by atoms with van der Waals surface area (Å²) >= 11 is 9.28. The molecule has 3 rings (SSSR count). The highest BCUT2D eigenvalue weighted by Gasteiger charge is 2.25. The van der Waals surface area contributed by atoms with Crippen molar-refractivity contribution in [2.75, 3.05) is 6.61 Å². The van der Waals surface area contributed by atoms with Gasteiger partial charge >= 0.3 is 5.97 Å². The predicted octanol–water partition coefficient (Wildman–Crippen LogP) is 4.99. The topological polar surface area (TPSA) is 59.2 Å². The van der Waals surface area contributed by atoms with Crippen LogP contribution in [0.1, 0.15) is 33.3 Å². The maximum Gasteiger partial charge on any atom is 0.355 e. The number of ether oxygens (including phenoxy) is 1. The molecule has 0 bridgehead atoms. The molecule has 0 saturated heterocycles. The molecule has 1 heterocycles. The zero-order valence-corrected chi connectivity index (χ0v) is 15.1. The number of ketones is 1. The molecular weight excluding hydrogens is 394 g/mol. The van der Waals surface area contributed by atoms with Gasteiger partial charge in [-0.1, -0.05) is 27.5 Å². The van der Waals surface area contributed by atoms with Gasteiger partial charge in [0.15, 0.2) is 5.78 Å². The lowest BCUT2D eigenvalue weighted by atomic mass is 10.00. The van der Waals surface area contributed by atoms with Crippen molar-refractivity contribution in [1.82, 2.24) is 4.98 Å². The lowest BCUT2D eigenvalue weighted by Crippen LogP contribution is -2.12. The number of esters is 1. The number of nitrogens with one attached hydrogen (secondary N) is 1. The van der Waals surface area contributed by atoms with Crippen molar-refractivity contribution in [2.45, 2.75) is 6.92 Å². The van der Waals surface area contributed by atoms with Crippen LogP contribution < -0.4 is 0 Å². The molecule has 6 heteroatoms. The van der Waals surface area contributed by atoms with E-state index in [9.17, 15) is 9.59 Å². The Morgan fingerprint density at radius 3 is 2.54 bits per heavy atom. The fraction of sp³-hybridized carbons (Fsp3) is 0.111. The Balaban J connectivity index is 2.21. The van der Waals surface area contributed by atoms with Crippen molar-refractivity contribution in [3.8, 4) is 0 Å². The van der Waals surface area contributed by atoms with Crippen LogP contribution in [-0.2, 0) is 4.74 Å². The van der Waals surface area contributed by atoms with Gasteiger partial charge in [0.05, 0.1) is 12.2 Å². The van der Waals surface area contributed by atoms with Gasteiger partial charge in [-0.05, 0) is 49.4 Å². The number of hydrogen-bond acceptors (Lipinski definition) is 3. The quantitative estimate of drug-likeness (QED) is 0.490. The summed E-state index contributed by atoms with van der Waals surface area (Å²) in [5, 5.41) is 1.20. The van der Waals surface area contributed by atoms with E-state index in [4.69, 9.17) is 16.3 Å². The molecule has 3 aromatic rings. The van der Waals surface area contributed by atoms with Gasteiger partial charge in [0.25, 0.3) is 0 Å². The van der Waals surface area contributed by atoms with Gasteiger partial charge < -0.3 is 9.72 Å². The molecule has 0 spiro atoms. The Labute approximate surface area is 151 Å². The second-order valence-corrected chi connectivity index (χ2v) is 6.47. The summed E-state index contributed by atoms with van der Waals surface area (Å²) in [6, 6.07) is 12.0. The van der Waals surface area contributed by atoms with Crippen LogP contribution in [0.2, 0.25) is 5.02 Å². The van der Waals surface area contributed by atoms with E-state index in [1.54, 1.807) is 43.3 Å². The molecule has 122 valence electrons. The molecule has 24 heavy (non-hydrogen) atoms. The smallest absolute Gasteiger partial charge is 0.355 e. The first-order valence-corrected chi connectivity index (χ1v) is 8.47. The maximum absolute atomic E-state index is 13.0. The number of fused-ring (bicyclic) bond motifs is 1. The number of aromatic amines is 1. The zero-order chi connectivity index (χ0) is 17.3. The Bertz CT molecular complexity index is 931. The van der Waals surface area contributed by atoms with Crippen molar-refractivity contribution in [3.63, 3.8) is 0 Å². The number of rotatable bonds is 4. The van der Waals surface area contributed by atoms with E-state index < -0.39 is 5.97 Å². The third-order valence-electron chi connectivity index (χ3n) is 3.57. The van der Waals surface area contributed by atoms with E-state index in [1.165, 1.54) is 0 Å². The molecule has 2 aromatic carbocycles. The minimum atomic E-state index is -0.554. The second-order valence-electron chi connectivity index (χ2n) is 5.12. The highest BCUT2D eigenvalue weighted by atomic mass is 79.9. The highest BCUT2D eigenvalue weighted by molar-refractivity contribution is 9.10. The van der Waals surface area contributed by atoms with Crippen molar-refractivity contribution >= 4 is 50.2 Å². The molecule has 1 N–H and O–H groups in total. The first kappa shape index (κ1) is 16.7. The molecule has 0 saturated carbocycles. The molecule has 0 aliphatic carbocycles. The molecular formula is C18H13BrClNO3. The van der Waals surface area contributed by atoms with Crippen LogP contribution in [-0.4, -0.2) is 23.3 Å². The number of H-pyrrole nitrogens is 1. The standard InChI is InChI=1S/C18H13BrClNO3/c1-2-24-18(23)16-15(13-9-11(19)5-8-14(13)21-16)17(22)10-3-6-12(20)7-4-10/h3-9,21H,2H2,1H3. The summed E-state index contributed by atoms with van der Waals surface area (Å²) in [5.74, 6) is -0.818. The fourth-order valence-electron chi connectivity index (χ4n) is 2.50. The summed E-state index contributed by atoms with van der Waals surface area (Å²) in [5.41, 5.74) is 1.60. The Kier molecular flexibility index (Phi) is 4.73. The summed E-state index contributed by atoms with van der Waals surface area (Å²) < 4.78 is 5.89. The zero-order valence-electron chi connectivity index (χ0n) is 12.7. The molecule has 0 unspecified atom stereocenters. The minimum Gasteiger partial charge on any atom is -0.461 e. The lowest BCUT2D eigenvalue weighted by molar-refractivity contribution is 0.0518. The molecule has 0 amide bonds. The lowest BCUT2D eigenvalue weighted by Gasteiger charge is -2.05. The number of aromatic nitrogens is 1. The van der Waals surface area contributed by atoms with E-state index in [0.29, 0.717) is 27.1 Å². The number of hydrogen-bond donors (Lipinski definition) is 1. The third kappa shape index (κ3) is 3.09. The number of benzene rings is 2. The normalized spacial score (nSPS) is 10.8. The average Bonchev–Trinajstić information content (AvgIpc) is 2.93. The van der Waals surface area contributed by atoms with Gasteiger partial charge in [0.2, 0.25) is 0 Å². The molecule has 0 radical (unpaired) electrons. The van der Waals surface area contributed by atoms with Crippen LogP contribution in [0.3, 0.4) is 0 Å². The summed E-state index contributed by atoms with van der Waals surface area (Å²) in [4.78, 5) is 28.3. The molecule has 0 aliphatic rings. The van der Waals surface area contributed by atoms with Crippen LogP contribution in [0.5, 0.6) is 0 Å². The van der Waals surface area contributed by atoms with E-state index >= 15 is 0 Å². The maximum atomic E-state index is 13.0. The molecule has 0 atom stereocenters. The molecule has 0 fully saturated rings. The monoisotopic (exact) mass is 405 g/mol. The SMILES string of the molecule is CCOC(=O)c1[nH]c2ccc(Br)cc2c1C(=O)c1ccc(Cl)cc1. The van der Waals surface area contributed by atoms with E-state index in [0.717, 1.165) is 4.47 Å².